The van der Waals surface area contributed by atoms with Crippen LogP contribution < -0.4 is 4.72 Å². The van der Waals surface area contributed by atoms with Crippen LogP contribution in [0.5, 0.6) is 0 Å². The molecule has 2 rings (SSSR count). The van der Waals surface area contributed by atoms with Crippen LogP contribution in [0.1, 0.15) is 0 Å². The summed E-state index contributed by atoms with van der Waals surface area (Å²) < 4.78 is 26.7. The maximum atomic E-state index is 12.0. The molecule has 1 aliphatic rings. The second-order valence-electron chi connectivity index (χ2n) is 3.73. The number of halogens is 1. The zero-order valence-corrected chi connectivity index (χ0v) is 12.7. The molecule has 2 heterocycles. The summed E-state index contributed by atoms with van der Waals surface area (Å²) in [6, 6.07) is 1.47. The third-order valence-electron chi connectivity index (χ3n) is 2.41. The van der Waals surface area contributed by atoms with Gasteiger partial charge in [-0.15, -0.1) is 0 Å². The molecule has 0 radical (unpaired) electrons. The zero-order valence-electron chi connectivity index (χ0n) is 9.50. The van der Waals surface area contributed by atoms with E-state index >= 15 is 0 Å². The average Bonchev–Trinajstić information content (AvgIpc) is 2.38. The van der Waals surface area contributed by atoms with E-state index < -0.39 is 10.0 Å². The summed E-state index contributed by atoms with van der Waals surface area (Å²) in [5.74, 6) is 3.20. The van der Waals surface area contributed by atoms with Gasteiger partial charge < -0.3 is 0 Å². The molecule has 1 N–H and O–H groups in total. The Morgan fingerprint density at radius 3 is 3.00 bits per heavy atom. The normalized spacial score (nSPS) is 20.8. The topological polar surface area (TPSA) is 59.1 Å². The number of thioether (sulfide) groups is 2. The lowest BCUT2D eigenvalue weighted by Crippen LogP contribution is -2.33. The van der Waals surface area contributed by atoms with Crippen LogP contribution in [-0.4, -0.2) is 42.5 Å². The van der Waals surface area contributed by atoms with Gasteiger partial charge in [0, 0.05) is 41.4 Å². The van der Waals surface area contributed by atoms with Gasteiger partial charge in [-0.2, -0.15) is 23.5 Å². The van der Waals surface area contributed by atoms with E-state index in [1.165, 1.54) is 18.5 Å². The third kappa shape index (κ3) is 3.77. The zero-order chi connectivity index (χ0) is 13.0. The number of nitrogens with zero attached hydrogens (tertiary/aromatic N) is 1. The number of rotatable bonds is 4. The van der Waals surface area contributed by atoms with Crippen molar-refractivity contribution in [2.75, 3.05) is 23.8 Å². The minimum absolute atomic E-state index is 0.0418. The van der Waals surface area contributed by atoms with Crippen molar-refractivity contribution >= 4 is 45.1 Å². The highest BCUT2D eigenvalue weighted by Gasteiger charge is 2.21. The highest BCUT2D eigenvalue weighted by atomic mass is 35.5. The summed E-state index contributed by atoms with van der Waals surface area (Å²) in [7, 11) is -3.56. The molecule has 1 aromatic heterocycles. The SMILES string of the molecule is O=S(=O)(NCC1CSCCS1)c1cnccc1Cl. The monoisotopic (exact) mass is 324 g/mol. The summed E-state index contributed by atoms with van der Waals surface area (Å²) in [6.07, 6.45) is 2.74. The highest BCUT2D eigenvalue weighted by Crippen LogP contribution is 2.24. The van der Waals surface area contributed by atoms with Crippen molar-refractivity contribution in [1.82, 2.24) is 9.71 Å². The van der Waals surface area contributed by atoms with E-state index in [-0.39, 0.29) is 9.92 Å². The van der Waals surface area contributed by atoms with Gasteiger partial charge in [0.25, 0.3) is 0 Å². The summed E-state index contributed by atoms with van der Waals surface area (Å²) in [5, 5.41) is 0.525. The Hall–Kier alpha value is 0.0500. The van der Waals surface area contributed by atoms with Crippen molar-refractivity contribution in [2.45, 2.75) is 10.1 Å². The van der Waals surface area contributed by atoms with Gasteiger partial charge in [-0.1, -0.05) is 11.6 Å². The Kier molecular flexibility index (Phi) is 5.20. The van der Waals surface area contributed by atoms with Crippen LogP contribution in [-0.2, 0) is 10.0 Å². The molecule has 1 aliphatic heterocycles. The molecule has 0 aromatic carbocycles. The number of aromatic nitrogens is 1. The van der Waals surface area contributed by atoms with Gasteiger partial charge in [-0.3, -0.25) is 4.98 Å². The fourth-order valence-electron chi connectivity index (χ4n) is 1.50. The molecule has 1 unspecified atom stereocenters. The molecule has 1 atom stereocenters. The predicted molar refractivity (Wildman–Crippen MR) is 78.0 cm³/mol. The van der Waals surface area contributed by atoms with Gasteiger partial charge in [0.2, 0.25) is 10.0 Å². The molecule has 1 aromatic rings. The summed E-state index contributed by atoms with van der Waals surface area (Å²) in [4.78, 5) is 3.84. The van der Waals surface area contributed by atoms with E-state index in [9.17, 15) is 8.42 Å². The smallest absolute Gasteiger partial charge is 0.243 e. The first-order chi connectivity index (χ1) is 8.59. The van der Waals surface area contributed by atoms with Crippen LogP contribution in [0.3, 0.4) is 0 Å². The molecular weight excluding hydrogens is 312 g/mol. The van der Waals surface area contributed by atoms with Crippen LogP contribution in [0.4, 0.5) is 0 Å². The number of hydrogen-bond donors (Lipinski definition) is 1. The van der Waals surface area contributed by atoms with Crippen LogP contribution >= 0.6 is 35.1 Å². The van der Waals surface area contributed by atoms with Crippen LogP contribution in [0.2, 0.25) is 5.02 Å². The van der Waals surface area contributed by atoms with Gasteiger partial charge in [0.1, 0.15) is 4.90 Å². The van der Waals surface area contributed by atoms with Crippen molar-refractivity contribution < 1.29 is 8.42 Å². The van der Waals surface area contributed by atoms with Gasteiger partial charge in [0.05, 0.1) is 5.02 Å². The Morgan fingerprint density at radius 2 is 2.33 bits per heavy atom. The maximum absolute atomic E-state index is 12.0. The molecule has 0 amide bonds. The minimum Gasteiger partial charge on any atom is -0.263 e. The molecular formula is C10H13ClN2O2S3. The lowest BCUT2D eigenvalue weighted by Gasteiger charge is -2.21. The fraction of sp³-hybridized carbons (Fsp3) is 0.500. The first-order valence-corrected chi connectivity index (χ1v) is 9.44. The molecule has 0 aliphatic carbocycles. The van der Waals surface area contributed by atoms with E-state index in [4.69, 9.17) is 11.6 Å². The Labute approximate surface area is 120 Å². The molecule has 8 heteroatoms. The number of sulfonamides is 1. The van der Waals surface area contributed by atoms with Crippen LogP contribution in [0, 0.1) is 0 Å². The first kappa shape index (κ1) is 14.5. The van der Waals surface area contributed by atoms with Crippen LogP contribution in [0.15, 0.2) is 23.4 Å². The molecule has 0 saturated carbocycles. The second-order valence-corrected chi connectivity index (χ2v) is 8.43. The van der Waals surface area contributed by atoms with Gasteiger partial charge >= 0.3 is 0 Å². The van der Waals surface area contributed by atoms with Gasteiger partial charge in [-0.25, -0.2) is 13.1 Å². The highest BCUT2D eigenvalue weighted by molar-refractivity contribution is 8.06. The van der Waals surface area contributed by atoms with Gasteiger partial charge in [-0.05, 0) is 6.07 Å². The lowest BCUT2D eigenvalue weighted by atomic mass is 10.5. The largest absolute Gasteiger partial charge is 0.263 e. The number of hydrogen-bond acceptors (Lipinski definition) is 5. The van der Waals surface area contributed by atoms with Crippen molar-refractivity contribution in [2.24, 2.45) is 0 Å². The van der Waals surface area contributed by atoms with E-state index in [1.54, 1.807) is 11.8 Å². The van der Waals surface area contributed by atoms with E-state index in [1.807, 2.05) is 11.8 Å². The Morgan fingerprint density at radius 1 is 1.50 bits per heavy atom. The van der Waals surface area contributed by atoms with E-state index in [0.717, 1.165) is 17.3 Å². The molecule has 18 heavy (non-hydrogen) atoms. The van der Waals surface area contributed by atoms with Gasteiger partial charge in [0.15, 0.2) is 0 Å². The van der Waals surface area contributed by atoms with Crippen molar-refractivity contribution in [1.29, 1.82) is 0 Å². The van der Waals surface area contributed by atoms with Crippen molar-refractivity contribution in [3.63, 3.8) is 0 Å². The molecule has 0 bridgehead atoms. The average molecular weight is 325 g/mol. The maximum Gasteiger partial charge on any atom is 0.243 e. The lowest BCUT2D eigenvalue weighted by molar-refractivity contribution is 0.581. The minimum atomic E-state index is -3.56. The fourth-order valence-corrected chi connectivity index (χ4v) is 5.72. The number of nitrogens with one attached hydrogen (secondary N) is 1. The molecule has 100 valence electrons. The third-order valence-corrected chi connectivity index (χ3v) is 7.15. The molecule has 4 nitrogen and oxygen atoms in total. The molecule has 1 saturated heterocycles. The van der Waals surface area contributed by atoms with E-state index in [0.29, 0.717) is 11.8 Å². The standard InChI is InChI=1S/C10H13ClN2O2S3/c11-9-1-2-12-6-10(9)18(14,15)13-5-8-7-16-3-4-17-8/h1-2,6,8,13H,3-5,7H2. The van der Waals surface area contributed by atoms with Crippen LogP contribution in [0.25, 0.3) is 0 Å². The second kappa shape index (κ2) is 6.47. The Bertz CT molecular complexity index is 504. The first-order valence-electron chi connectivity index (χ1n) is 5.38. The predicted octanol–water partition coefficient (Wildman–Crippen LogP) is 1.86. The molecule has 1 fully saturated rings. The molecule has 0 spiro atoms. The van der Waals surface area contributed by atoms with Crippen molar-refractivity contribution in [3.05, 3.63) is 23.5 Å². The summed E-state index contributed by atoms with van der Waals surface area (Å²) in [5.41, 5.74) is 0. The summed E-state index contributed by atoms with van der Waals surface area (Å²) >= 11 is 9.53. The Balaban J connectivity index is 2.01. The van der Waals surface area contributed by atoms with E-state index in [2.05, 4.69) is 9.71 Å². The number of pyridine rings is 1. The summed E-state index contributed by atoms with van der Waals surface area (Å²) in [6.45, 7) is 0.436. The van der Waals surface area contributed by atoms with Crippen molar-refractivity contribution in [3.8, 4) is 0 Å². The quantitative estimate of drug-likeness (QED) is 0.916.